The Morgan fingerprint density at radius 2 is 1.77 bits per heavy atom. The van der Waals surface area contributed by atoms with E-state index in [1.54, 1.807) is 12.3 Å². The third-order valence-corrected chi connectivity index (χ3v) is 7.62. The Morgan fingerprint density at radius 3 is 2.51 bits per heavy atom. The van der Waals surface area contributed by atoms with Crippen molar-refractivity contribution in [3.8, 4) is 22.8 Å². The van der Waals surface area contributed by atoms with Crippen molar-refractivity contribution in [3.05, 3.63) is 131 Å². The van der Waals surface area contributed by atoms with Crippen molar-refractivity contribution in [2.45, 2.75) is 19.0 Å². The van der Waals surface area contributed by atoms with E-state index in [0.717, 1.165) is 34.0 Å². The molecule has 2 aromatic heterocycles. The molecule has 1 N–H and O–H groups in total. The number of hydrogen-bond donors (Lipinski definition) is 1. The largest absolute Gasteiger partial charge is 0.459 e. The molecule has 1 aliphatic heterocycles. The van der Waals surface area contributed by atoms with Crippen LogP contribution in [0.4, 0.5) is 10.1 Å². The quantitative estimate of drug-likeness (QED) is 0.197. The van der Waals surface area contributed by atoms with Crippen molar-refractivity contribution in [2.75, 3.05) is 4.90 Å². The molecule has 0 radical (unpaired) electrons. The van der Waals surface area contributed by atoms with Gasteiger partial charge in [0.05, 0.1) is 11.7 Å². The van der Waals surface area contributed by atoms with Gasteiger partial charge in [0.25, 0.3) is 0 Å². The van der Waals surface area contributed by atoms with E-state index in [4.69, 9.17) is 21.4 Å². The summed E-state index contributed by atoms with van der Waals surface area (Å²) in [6, 6.07) is 29.3. The van der Waals surface area contributed by atoms with E-state index in [0.29, 0.717) is 21.1 Å². The summed E-state index contributed by atoms with van der Waals surface area (Å²) >= 11 is 9.28. The van der Waals surface area contributed by atoms with Gasteiger partial charge in [0.2, 0.25) is 0 Å². The summed E-state index contributed by atoms with van der Waals surface area (Å²) in [7, 11) is 0. The van der Waals surface area contributed by atoms with Crippen LogP contribution in [0.3, 0.4) is 0 Å². The average Bonchev–Trinajstić information content (AvgIpc) is 3.55. The highest BCUT2D eigenvalue weighted by Crippen LogP contribution is 2.44. The monoisotopic (exact) mass is 599 g/mol. The van der Waals surface area contributed by atoms with Crippen LogP contribution in [0.25, 0.3) is 11.3 Å². The van der Waals surface area contributed by atoms with Gasteiger partial charge in [-0.3, -0.25) is 4.98 Å². The maximum atomic E-state index is 13.7. The van der Waals surface area contributed by atoms with Crippen LogP contribution >= 0.6 is 28.1 Å². The Labute approximate surface area is 239 Å². The Kier molecular flexibility index (Phi) is 6.89. The Hall–Kier alpha value is -4.01. The molecule has 194 valence electrons. The second-order valence-electron chi connectivity index (χ2n) is 9.18. The van der Waals surface area contributed by atoms with Crippen molar-refractivity contribution in [3.63, 3.8) is 0 Å². The number of pyridine rings is 1. The second-order valence-corrected chi connectivity index (χ2v) is 10.4. The maximum absolute atomic E-state index is 13.7. The molecular formula is C31H23BrFN3O2S. The third-order valence-electron chi connectivity index (χ3n) is 6.65. The van der Waals surface area contributed by atoms with Crippen molar-refractivity contribution in [1.82, 2.24) is 10.3 Å². The molecule has 3 heterocycles. The van der Waals surface area contributed by atoms with Gasteiger partial charge >= 0.3 is 0 Å². The number of ether oxygens (including phenoxy) is 1. The molecule has 2 atom stereocenters. The molecule has 1 aliphatic rings. The standard InChI is InChI=1S/C31H23BrFN3O2S/c1-19-6-2-3-8-26(19)37-22-12-10-21(11-13-22)36-30(29(35-31(36)39)25-7-4-5-17-34-25)28-16-15-27(38-28)23-14-9-20(33)18-24(23)32/h2-18,29-30H,1H3,(H,35,39)/t29-,30+/m0/s1. The average molecular weight is 601 g/mol. The van der Waals surface area contributed by atoms with Crippen LogP contribution in [0.5, 0.6) is 11.5 Å². The van der Waals surface area contributed by atoms with Gasteiger partial charge in [0, 0.05) is 21.9 Å². The van der Waals surface area contributed by atoms with E-state index in [9.17, 15) is 4.39 Å². The Morgan fingerprint density at radius 1 is 0.974 bits per heavy atom. The predicted molar refractivity (Wildman–Crippen MR) is 157 cm³/mol. The highest BCUT2D eigenvalue weighted by Gasteiger charge is 2.42. The van der Waals surface area contributed by atoms with E-state index in [-0.39, 0.29) is 17.9 Å². The number of benzene rings is 3. The van der Waals surface area contributed by atoms with Crippen molar-refractivity contribution in [2.24, 2.45) is 0 Å². The van der Waals surface area contributed by atoms with Gasteiger partial charge in [0.15, 0.2) is 5.11 Å². The zero-order valence-corrected chi connectivity index (χ0v) is 23.2. The van der Waals surface area contributed by atoms with E-state index < -0.39 is 0 Å². The van der Waals surface area contributed by atoms with Crippen molar-refractivity contribution in [1.29, 1.82) is 0 Å². The SMILES string of the molecule is Cc1ccccc1Oc1ccc(N2C(=S)N[C@@H](c3ccccn3)[C@H]2c2ccc(-c3ccc(F)cc3Br)o2)cc1. The first-order chi connectivity index (χ1) is 19.0. The van der Waals surface area contributed by atoms with Gasteiger partial charge in [-0.25, -0.2) is 4.39 Å². The van der Waals surface area contributed by atoms with Crippen LogP contribution in [0.2, 0.25) is 0 Å². The first-order valence-corrected chi connectivity index (χ1v) is 13.6. The van der Waals surface area contributed by atoms with Crippen LogP contribution in [-0.2, 0) is 0 Å². The fourth-order valence-electron chi connectivity index (χ4n) is 4.74. The highest BCUT2D eigenvalue weighted by molar-refractivity contribution is 9.10. The molecule has 6 rings (SSSR count). The molecule has 5 aromatic rings. The maximum Gasteiger partial charge on any atom is 0.174 e. The molecule has 0 bridgehead atoms. The summed E-state index contributed by atoms with van der Waals surface area (Å²) < 4.78 is 26.8. The smallest absolute Gasteiger partial charge is 0.174 e. The predicted octanol–water partition coefficient (Wildman–Crippen LogP) is 8.52. The molecule has 8 heteroatoms. The van der Waals surface area contributed by atoms with E-state index in [2.05, 4.69) is 26.2 Å². The molecule has 1 fully saturated rings. The fourth-order valence-corrected chi connectivity index (χ4v) is 5.63. The molecular weight excluding hydrogens is 577 g/mol. The van der Waals surface area contributed by atoms with E-state index in [1.165, 1.54) is 12.1 Å². The number of nitrogens with zero attached hydrogens (tertiary/aromatic N) is 2. The molecule has 0 aliphatic carbocycles. The lowest BCUT2D eigenvalue weighted by Gasteiger charge is -2.26. The number of furan rings is 1. The number of aryl methyl sites for hydroxylation is 1. The molecule has 1 saturated heterocycles. The topological polar surface area (TPSA) is 50.5 Å². The number of aromatic nitrogens is 1. The van der Waals surface area contributed by atoms with Gasteiger partial charge in [-0.1, -0.05) is 24.3 Å². The van der Waals surface area contributed by atoms with Gasteiger partial charge in [-0.15, -0.1) is 0 Å². The molecule has 3 aromatic carbocycles. The van der Waals surface area contributed by atoms with E-state index in [1.807, 2.05) is 90.7 Å². The van der Waals surface area contributed by atoms with Gasteiger partial charge in [0.1, 0.15) is 34.9 Å². The van der Waals surface area contributed by atoms with Gasteiger partial charge in [-0.2, -0.15) is 0 Å². The summed E-state index contributed by atoms with van der Waals surface area (Å²) in [6.45, 7) is 2.02. The van der Waals surface area contributed by atoms with Crippen LogP contribution < -0.4 is 15.0 Å². The number of halogens is 2. The minimum absolute atomic E-state index is 0.253. The number of rotatable bonds is 6. The third kappa shape index (κ3) is 5.05. The molecule has 0 saturated carbocycles. The lowest BCUT2D eigenvalue weighted by Crippen LogP contribution is -2.29. The Balaban J connectivity index is 1.36. The molecule has 39 heavy (non-hydrogen) atoms. The second kappa shape index (κ2) is 10.6. The molecule has 5 nitrogen and oxygen atoms in total. The lowest BCUT2D eigenvalue weighted by atomic mass is 10.0. The van der Waals surface area contributed by atoms with Crippen molar-refractivity contribution >= 4 is 38.9 Å². The molecule has 0 spiro atoms. The lowest BCUT2D eigenvalue weighted by molar-refractivity contribution is 0.439. The van der Waals surface area contributed by atoms with Crippen LogP contribution in [-0.4, -0.2) is 10.1 Å². The summed E-state index contributed by atoms with van der Waals surface area (Å²) in [4.78, 5) is 6.63. The number of para-hydroxylation sites is 1. The molecule has 0 amide bonds. The van der Waals surface area contributed by atoms with Gasteiger partial charge < -0.3 is 19.4 Å². The normalized spacial score (nSPS) is 16.8. The summed E-state index contributed by atoms with van der Waals surface area (Å²) in [6.07, 6.45) is 1.76. The molecule has 0 unspecified atom stereocenters. The first-order valence-electron chi connectivity index (χ1n) is 12.4. The first kappa shape index (κ1) is 25.3. The van der Waals surface area contributed by atoms with Crippen molar-refractivity contribution < 1.29 is 13.5 Å². The summed E-state index contributed by atoms with van der Waals surface area (Å²) in [5.41, 5.74) is 3.54. The van der Waals surface area contributed by atoms with E-state index >= 15 is 0 Å². The number of thiocarbonyl (C=S) groups is 1. The van der Waals surface area contributed by atoms with Gasteiger partial charge in [-0.05, 0) is 113 Å². The summed E-state index contributed by atoms with van der Waals surface area (Å²) in [5, 5.41) is 4.00. The number of anilines is 1. The summed E-state index contributed by atoms with van der Waals surface area (Å²) in [5.74, 6) is 2.54. The minimum Gasteiger partial charge on any atom is -0.459 e. The Bertz CT molecular complexity index is 1640. The fraction of sp³-hybridized carbons (Fsp3) is 0.0968. The zero-order valence-electron chi connectivity index (χ0n) is 20.8. The number of nitrogens with one attached hydrogen (secondary N) is 1. The number of hydrogen-bond acceptors (Lipinski definition) is 4. The van der Waals surface area contributed by atoms with Crippen LogP contribution in [0, 0.1) is 12.7 Å². The highest BCUT2D eigenvalue weighted by atomic mass is 79.9. The zero-order chi connectivity index (χ0) is 26.9. The van der Waals surface area contributed by atoms with Crippen LogP contribution in [0.15, 0.2) is 112 Å². The minimum atomic E-state index is -0.320. The van der Waals surface area contributed by atoms with Crippen LogP contribution in [0.1, 0.15) is 29.1 Å².